The Labute approximate surface area is 109 Å². The van der Waals surface area contributed by atoms with Crippen LogP contribution in [-0.2, 0) is 11.3 Å². The number of hydrogen-bond donors (Lipinski definition) is 1. The van der Waals surface area contributed by atoms with Crippen molar-refractivity contribution >= 4 is 0 Å². The Morgan fingerprint density at radius 2 is 1.83 bits per heavy atom. The zero-order valence-electron chi connectivity index (χ0n) is 11.5. The van der Waals surface area contributed by atoms with Crippen molar-refractivity contribution in [2.24, 2.45) is 0 Å². The maximum absolute atomic E-state index is 5.71. The molecule has 0 spiro atoms. The lowest BCUT2D eigenvalue weighted by atomic mass is 10.2. The first-order valence-electron chi connectivity index (χ1n) is 6.25. The molecule has 1 rings (SSSR count). The zero-order chi connectivity index (χ0) is 13.2. The molecule has 0 fully saturated rings. The average Bonchev–Trinajstić information content (AvgIpc) is 2.40. The van der Waals surface area contributed by atoms with E-state index in [9.17, 15) is 0 Å². The van der Waals surface area contributed by atoms with Gasteiger partial charge in [-0.15, -0.1) is 0 Å². The van der Waals surface area contributed by atoms with E-state index < -0.39 is 0 Å². The summed E-state index contributed by atoms with van der Waals surface area (Å²) in [7, 11) is 5.30. The summed E-state index contributed by atoms with van der Waals surface area (Å²) < 4.78 is 16.0. The molecule has 0 atom stereocenters. The van der Waals surface area contributed by atoms with Gasteiger partial charge in [-0.2, -0.15) is 0 Å². The third-order valence-electron chi connectivity index (χ3n) is 2.61. The molecule has 0 radical (unpaired) electrons. The maximum atomic E-state index is 5.71. The van der Waals surface area contributed by atoms with Crippen molar-refractivity contribution in [1.82, 2.24) is 5.32 Å². The van der Waals surface area contributed by atoms with Crippen LogP contribution in [-0.4, -0.2) is 34.5 Å². The number of unbranched alkanes of at least 4 members (excludes halogenated alkanes) is 1. The van der Waals surface area contributed by atoms with Crippen molar-refractivity contribution in [3.05, 3.63) is 23.8 Å². The van der Waals surface area contributed by atoms with Crippen LogP contribution in [0.15, 0.2) is 18.2 Å². The fourth-order valence-corrected chi connectivity index (χ4v) is 1.68. The first kappa shape index (κ1) is 14.8. The molecule has 0 saturated carbocycles. The van der Waals surface area contributed by atoms with Gasteiger partial charge in [-0.05, 0) is 37.6 Å². The Hall–Kier alpha value is -1.26. The smallest absolute Gasteiger partial charge is 0.161 e. The van der Waals surface area contributed by atoms with E-state index >= 15 is 0 Å². The van der Waals surface area contributed by atoms with Crippen LogP contribution in [0.1, 0.15) is 18.4 Å². The van der Waals surface area contributed by atoms with E-state index in [1.54, 1.807) is 14.2 Å². The van der Waals surface area contributed by atoms with E-state index in [1.165, 1.54) is 5.56 Å². The van der Waals surface area contributed by atoms with Crippen LogP contribution in [0.25, 0.3) is 0 Å². The molecule has 0 unspecified atom stereocenters. The minimum absolute atomic E-state index is 0.686. The Morgan fingerprint density at radius 1 is 1.06 bits per heavy atom. The summed E-state index contributed by atoms with van der Waals surface area (Å²) in [5.74, 6) is 1.59. The molecule has 1 aromatic carbocycles. The quantitative estimate of drug-likeness (QED) is 0.685. The van der Waals surface area contributed by atoms with Crippen molar-refractivity contribution in [2.45, 2.75) is 19.4 Å². The number of ether oxygens (including phenoxy) is 3. The number of rotatable bonds is 9. The Kier molecular flexibility index (Phi) is 7.22. The van der Waals surface area contributed by atoms with Crippen LogP contribution >= 0.6 is 0 Å². The molecule has 0 aliphatic heterocycles. The van der Waals surface area contributed by atoms with Gasteiger partial charge in [0.25, 0.3) is 0 Å². The third kappa shape index (κ3) is 4.94. The molecule has 0 heterocycles. The van der Waals surface area contributed by atoms with Crippen LogP contribution < -0.4 is 14.8 Å². The summed E-state index contributed by atoms with van der Waals surface area (Å²) in [5, 5.41) is 3.11. The van der Waals surface area contributed by atoms with Crippen LogP contribution in [0.4, 0.5) is 0 Å². The van der Waals surface area contributed by atoms with Crippen LogP contribution in [0.2, 0.25) is 0 Å². The lowest BCUT2D eigenvalue weighted by molar-refractivity contribution is 0.183. The lowest BCUT2D eigenvalue weighted by Gasteiger charge is -2.12. The van der Waals surface area contributed by atoms with E-state index in [0.717, 1.165) is 37.5 Å². The fourth-order valence-electron chi connectivity index (χ4n) is 1.68. The van der Waals surface area contributed by atoms with Gasteiger partial charge in [0, 0.05) is 20.3 Å². The molecular formula is C14H23NO3. The minimum atomic E-state index is 0.686. The highest BCUT2D eigenvalue weighted by atomic mass is 16.5. The van der Waals surface area contributed by atoms with Gasteiger partial charge in [-0.1, -0.05) is 6.07 Å². The van der Waals surface area contributed by atoms with Gasteiger partial charge in [0.1, 0.15) is 0 Å². The summed E-state index contributed by atoms with van der Waals surface area (Å²) in [6.07, 6.45) is 1.99. The normalized spacial score (nSPS) is 10.4. The summed E-state index contributed by atoms with van der Waals surface area (Å²) in [4.78, 5) is 0. The van der Waals surface area contributed by atoms with Crippen molar-refractivity contribution in [2.75, 3.05) is 34.5 Å². The molecule has 0 saturated heterocycles. The predicted molar refractivity (Wildman–Crippen MR) is 72.4 cm³/mol. The van der Waals surface area contributed by atoms with Crippen molar-refractivity contribution in [3.63, 3.8) is 0 Å². The monoisotopic (exact) mass is 253 g/mol. The third-order valence-corrected chi connectivity index (χ3v) is 2.61. The molecule has 0 aliphatic carbocycles. The second-order valence-electron chi connectivity index (χ2n) is 4.06. The second kappa shape index (κ2) is 8.78. The first-order valence-corrected chi connectivity index (χ1v) is 6.25. The summed E-state index contributed by atoms with van der Waals surface area (Å²) >= 11 is 0. The van der Waals surface area contributed by atoms with Crippen molar-refractivity contribution in [3.8, 4) is 11.5 Å². The lowest BCUT2D eigenvalue weighted by Crippen LogP contribution is -2.06. The van der Waals surface area contributed by atoms with Gasteiger partial charge in [0.2, 0.25) is 0 Å². The van der Waals surface area contributed by atoms with Gasteiger partial charge in [0.05, 0.1) is 13.7 Å². The first-order chi connectivity index (χ1) is 8.81. The molecule has 0 aromatic heterocycles. The molecule has 0 amide bonds. The van der Waals surface area contributed by atoms with Crippen LogP contribution in [0.5, 0.6) is 11.5 Å². The van der Waals surface area contributed by atoms with E-state index in [2.05, 4.69) is 5.32 Å². The molecule has 102 valence electrons. The van der Waals surface area contributed by atoms with E-state index in [-0.39, 0.29) is 0 Å². The van der Waals surface area contributed by atoms with Gasteiger partial charge >= 0.3 is 0 Å². The fraction of sp³-hybridized carbons (Fsp3) is 0.571. The van der Waals surface area contributed by atoms with Gasteiger partial charge in [0.15, 0.2) is 11.5 Å². The van der Waals surface area contributed by atoms with Gasteiger partial charge < -0.3 is 19.5 Å². The van der Waals surface area contributed by atoms with Gasteiger partial charge in [-0.3, -0.25) is 0 Å². The molecule has 0 bridgehead atoms. The van der Waals surface area contributed by atoms with Crippen LogP contribution in [0, 0.1) is 0 Å². The molecule has 4 nitrogen and oxygen atoms in total. The highest BCUT2D eigenvalue weighted by molar-refractivity contribution is 5.42. The number of methoxy groups -OCH3 is 2. The molecular weight excluding hydrogens is 230 g/mol. The molecule has 1 aromatic rings. The minimum Gasteiger partial charge on any atom is -0.493 e. The Morgan fingerprint density at radius 3 is 2.50 bits per heavy atom. The molecule has 4 heteroatoms. The van der Waals surface area contributed by atoms with Gasteiger partial charge in [-0.25, -0.2) is 0 Å². The SMILES string of the molecule is CNCc1ccc(OCCCCOC)c(OC)c1. The van der Waals surface area contributed by atoms with E-state index in [0.29, 0.717) is 6.61 Å². The summed E-state index contributed by atoms with van der Waals surface area (Å²) in [6.45, 7) is 2.29. The standard InChI is InChI=1S/C14H23NO3/c1-15-11-12-6-7-13(14(10-12)17-3)18-9-5-4-8-16-2/h6-7,10,15H,4-5,8-9,11H2,1-3H3. The highest BCUT2D eigenvalue weighted by Crippen LogP contribution is 2.28. The Balaban J connectivity index is 2.48. The number of hydrogen-bond acceptors (Lipinski definition) is 4. The molecule has 18 heavy (non-hydrogen) atoms. The largest absolute Gasteiger partial charge is 0.493 e. The van der Waals surface area contributed by atoms with Crippen molar-refractivity contribution < 1.29 is 14.2 Å². The zero-order valence-corrected chi connectivity index (χ0v) is 11.5. The second-order valence-corrected chi connectivity index (χ2v) is 4.06. The van der Waals surface area contributed by atoms with E-state index in [1.807, 2.05) is 25.2 Å². The predicted octanol–water partition coefficient (Wildman–Crippen LogP) is 2.22. The van der Waals surface area contributed by atoms with Crippen LogP contribution in [0.3, 0.4) is 0 Å². The average molecular weight is 253 g/mol. The number of nitrogens with one attached hydrogen (secondary N) is 1. The topological polar surface area (TPSA) is 39.7 Å². The highest BCUT2D eigenvalue weighted by Gasteiger charge is 2.05. The summed E-state index contributed by atoms with van der Waals surface area (Å²) in [5.41, 5.74) is 1.18. The number of benzene rings is 1. The summed E-state index contributed by atoms with van der Waals surface area (Å²) in [6, 6.07) is 6.01. The maximum Gasteiger partial charge on any atom is 0.161 e. The van der Waals surface area contributed by atoms with Crippen molar-refractivity contribution in [1.29, 1.82) is 0 Å². The van der Waals surface area contributed by atoms with E-state index in [4.69, 9.17) is 14.2 Å². The molecule has 1 N–H and O–H groups in total. The molecule has 0 aliphatic rings. The Bertz CT molecular complexity index is 342.